The fourth-order valence-electron chi connectivity index (χ4n) is 3.86. The first kappa shape index (κ1) is 13.9. The monoisotopic (exact) mass is 314 g/mol. The van der Waals surface area contributed by atoms with E-state index >= 15 is 0 Å². The molecule has 4 nitrogen and oxygen atoms in total. The van der Waals surface area contributed by atoms with Gasteiger partial charge in [0.1, 0.15) is 4.90 Å². The molecule has 4 rings (SSSR count). The summed E-state index contributed by atoms with van der Waals surface area (Å²) in [6, 6.07) is 9.22. The van der Waals surface area contributed by atoms with Crippen molar-refractivity contribution in [2.24, 2.45) is 0 Å². The predicted molar refractivity (Wildman–Crippen MR) is 86.0 cm³/mol. The highest BCUT2D eigenvalue weighted by Crippen LogP contribution is 2.42. The van der Waals surface area contributed by atoms with Gasteiger partial charge in [-0.1, -0.05) is 30.4 Å². The molecule has 2 atom stereocenters. The number of benzene rings is 1. The van der Waals surface area contributed by atoms with E-state index in [-0.39, 0.29) is 12.1 Å². The molecular weight excluding hydrogens is 296 g/mol. The third-order valence-corrected chi connectivity index (χ3v) is 6.79. The van der Waals surface area contributed by atoms with Crippen LogP contribution in [0, 0.1) is 0 Å². The summed E-state index contributed by atoms with van der Waals surface area (Å²) < 4.78 is 28.2. The minimum Gasteiger partial charge on any atom is -0.255 e. The number of pyridine rings is 1. The van der Waals surface area contributed by atoms with Gasteiger partial charge < -0.3 is 0 Å². The Hall–Kier alpha value is -1.72. The average Bonchev–Trinajstić information content (AvgIpc) is 2.80. The lowest BCUT2D eigenvalue weighted by molar-refractivity contribution is 0.286. The van der Waals surface area contributed by atoms with E-state index in [4.69, 9.17) is 0 Å². The molecular formula is C17H18N2O2S. The van der Waals surface area contributed by atoms with E-state index in [1.54, 1.807) is 22.6 Å². The van der Waals surface area contributed by atoms with Crippen LogP contribution < -0.4 is 0 Å². The van der Waals surface area contributed by atoms with Crippen LogP contribution in [0.3, 0.4) is 0 Å². The molecule has 0 N–H and O–H groups in total. The van der Waals surface area contributed by atoms with Crippen LogP contribution in [-0.2, 0) is 10.0 Å². The summed E-state index contributed by atoms with van der Waals surface area (Å²) in [5, 5.41) is 0.859. The van der Waals surface area contributed by atoms with Crippen molar-refractivity contribution in [3.8, 4) is 0 Å². The van der Waals surface area contributed by atoms with Gasteiger partial charge >= 0.3 is 0 Å². The van der Waals surface area contributed by atoms with E-state index in [9.17, 15) is 8.42 Å². The molecule has 0 amide bonds. The summed E-state index contributed by atoms with van der Waals surface area (Å²) in [6.45, 7) is 4.06. The topological polar surface area (TPSA) is 50.3 Å². The minimum absolute atomic E-state index is 0.0650. The van der Waals surface area contributed by atoms with Gasteiger partial charge in [-0.3, -0.25) is 4.98 Å². The van der Waals surface area contributed by atoms with Crippen molar-refractivity contribution < 1.29 is 8.42 Å². The van der Waals surface area contributed by atoms with E-state index in [2.05, 4.69) is 11.6 Å². The number of nitrogens with zero attached hydrogens (tertiary/aromatic N) is 2. The summed E-state index contributed by atoms with van der Waals surface area (Å²) in [5.74, 6) is 0. The van der Waals surface area contributed by atoms with Crippen molar-refractivity contribution in [3.05, 3.63) is 48.7 Å². The fourth-order valence-corrected chi connectivity index (χ4v) is 5.90. The maximum atomic E-state index is 13.2. The van der Waals surface area contributed by atoms with Crippen molar-refractivity contribution in [3.63, 3.8) is 0 Å². The number of hydrogen-bond acceptors (Lipinski definition) is 3. The highest BCUT2D eigenvalue weighted by Gasteiger charge is 2.45. The second kappa shape index (κ2) is 4.89. The van der Waals surface area contributed by atoms with Crippen LogP contribution in [0.2, 0.25) is 0 Å². The van der Waals surface area contributed by atoms with Crippen LogP contribution in [0.4, 0.5) is 0 Å². The Morgan fingerprint density at radius 2 is 1.77 bits per heavy atom. The Kier molecular flexibility index (Phi) is 3.09. The van der Waals surface area contributed by atoms with Crippen LogP contribution in [0.15, 0.2) is 53.6 Å². The van der Waals surface area contributed by atoms with E-state index < -0.39 is 10.0 Å². The van der Waals surface area contributed by atoms with Gasteiger partial charge in [0.25, 0.3) is 0 Å². The zero-order chi connectivity index (χ0) is 15.3. The molecule has 2 fully saturated rings. The number of sulfonamides is 1. The summed E-state index contributed by atoms with van der Waals surface area (Å²) in [7, 11) is -3.52. The number of para-hydroxylation sites is 1. The molecule has 2 bridgehead atoms. The van der Waals surface area contributed by atoms with E-state index in [0.717, 1.165) is 31.1 Å². The van der Waals surface area contributed by atoms with Gasteiger partial charge in [-0.05, 0) is 37.8 Å². The SMILES string of the molecule is C=C1CC2CCC(C1)N2S(=O)(=O)c1cccc2cccnc12. The quantitative estimate of drug-likeness (QED) is 0.800. The number of aromatic nitrogens is 1. The first-order valence-electron chi connectivity index (χ1n) is 7.61. The summed E-state index contributed by atoms with van der Waals surface area (Å²) in [6.07, 6.45) is 5.08. The molecule has 2 unspecified atom stereocenters. The third-order valence-electron chi connectivity index (χ3n) is 4.75. The molecule has 0 spiro atoms. The summed E-state index contributed by atoms with van der Waals surface area (Å²) >= 11 is 0. The Bertz CT molecular complexity index is 839. The molecule has 22 heavy (non-hydrogen) atoms. The minimum atomic E-state index is -3.52. The van der Waals surface area contributed by atoms with Crippen LogP contribution in [0.1, 0.15) is 25.7 Å². The molecule has 2 aliphatic rings. The fraction of sp³-hybridized carbons (Fsp3) is 0.353. The normalized spacial score (nSPS) is 25.7. The maximum absolute atomic E-state index is 13.2. The molecule has 2 aliphatic heterocycles. The second-order valence-electron chi connectivity index (χ2n) is 6.21. The van der Waals surface area contributed by atoms with Gasteiger partial charge in [-0.15, -0.1) is 0 Å². The molecule has 3 heterocycles. The first-order chi connectivity index (χ1) is 10.6. The van der Waals surface area contributed by atoms with E-state index in [0.29, 0.717) is 10.4 Å². The molecule has 2 saturated heterocycles. The third kappa shape index (κ3) is 2.00. The van der Waals surface area contributed by atoms with Crippen LogP contribution in [0.25, 0.3) is 10.9 Å². The highest BCUT2D eigenvalue weighted by atomic mass is 32.2. The Morgan fingerprint density at radius 1 is 1.09 bits per heavy atom. The standard InChI is InChI=1S/C17H18N2O2S/c1-12-10-14-7-8-15(11-12)19(14)22(20,21)16-6-2-4-13-5-3-9-18-17(13)16/h2-6,9,14-15H,1,7-8,10-11H2. The molecule has 114 valence electrons. The zero-order valence-electron chi connectivity index (χ0n) is 12.3. The van der Waals surface area contributed by atoms with Crippen LogP contribution in [-0.4, -0.2) is 29.8 Å². The van der Waals surface area contributed by atoms with Gasteiger partial charge in [0.2, 0.25) is 10.0 Å². The van der Waals surface area contributed by atoms with E-state index in [1.165, 1.54) is 5.57 Å². The molecule has 1 aromatic carbocycles. The van der Waals surface area contributed by atoms with Crippen LogP contribution >= 0.6 is 0 Å². The molecule has 1 aromatic heterocycles. The lowest BCUT2D eigenvalue weighted by atomic mass is 10.0. The number of piperidine rings is 1. The maximum Gasteiger partial charge on any atom is 0.245 e. The predicted octanol–water partition coefficient (Wildman–Crippen LogP) is 3.11. The number of fused-ring (bicyclic) bond motifs is 3. The van der Waals surface area contributed by atoms with Crippen molar-refractivity contribution in [2.75, 3.05) is 0 Å². The van der Waals surface area contributed by atoms with Gasteiger partial charge in [0.05, 0.1) is 5.52 Å². The Labute approximate surface area is 130 Å². The average molecular weight is 314 g/mol. The second-order valence-corrected chi connectivity index (χ2v) is 8.02. The molecule has 0 radical (unpaired) electrons. The van der Waals surface area contributed by atoms with Gasteiger partial charge in [0.15, 0.2) is 0 Å². The van der Waals surface area contributed by atoms with E-state index in [1.807, 2.05) is 18.2 Å². The Morgan fingerprint density at radius 3 is 2.50 bits per heavy atom. The lowest BCUT2D eigenvalue weighted by Gasteiger charge is -2.34. The molecule has 5 heteroatoms. The largest absolute Gasteiger partial charge is 0.255 e. The number of hydrogen-bond donors (Lipinski definition) is 0. The molecule has 2 aromatic rings. The van der Waals surface area contributed by atoms with Gasteiger partial charge in [0, 0.05) is 23.7 Å². The number of rotatable bonds is 2. The highest BCUT2D eigenvalue weighted by molar-refractivity contribution is 7.89. The Balaban J connectivity index is 1.86. The summed E-state index contributed by atoms with van der Waals surface area (Å²) in [4.78, 5) is 4.63. The smallest absolute Gasteiger partial charge is 0.245 e. The van der Waals surface area contributed by atoms with Crippen LogP contribution in [0.5, 0.6) is 0 Å². The van der Waals surface area contributed by atoms with Crippen molar-refractivity contribution >= 4 is 20.9 Å². The van der Waals surface area contributed by atoms with Crippen molar-refractivity contribution in [1.29, 1.82) is 0 Å². The molecule has 0 aliphatic carbocycles. The first-order valence-corrected chi connectivity index (χ1v) is 9.05. The van der Waals surface area contributed by atoms with Gasteiger partial charge in [-0.2, -0.15) is 4.31 Å². The van der Waals surface area contributed by atoms with Gasteiger partial charge in [-0.25, -0.2) is 8.42 Å². The zero-order valence-corrected chi connectivity index (χ0v) is 13.1. The molecule has 0 saturated carbocycles. The lowest BCUT2D eigenvalue weighted by Crippen LogP contribution is -2.44. The van der Waals surface area contributed by atoms with Crippen molar-refractivity contribution in [1.82, 2.24) is 9.29 Å². The summed E-state index contributed by atoms with van der Waals surface area (Å²) in [5.41, 5.74) is 1.74. The van der Waals surface area contributed by atoms with Crippen molar-refractivity contribution in [2.45, 2.75) is 42.7 Å².